The fourth-order valence-electron chi connectivity index (χ4n) is 4.18. The predicted octanol–water partition coefficient (Wildman–Crippen LogP) is 5.83. The van der Waals surface area contributed by atoms with Gasteiger partial charge in [0, 0.05) is 30.3 Å². The number of amides is 1. The summed E-state index contributed by atoms with van der Waals surface area (Å²) in [5.74, 6) is 0.950. The third-order valence-electron chi connectivity index (χ3n) is 5.99. The Balaban J connectivity index is 1.25. The molecule has 5 nitrogen and oxygen atoms in total. The number of para-hydroxylation sites is 1. The van der Waals surface area contributed by atoms with Crippen molar-refractivity contribution < 1.29 is 9.53 Å². The Hall–Kier alpha value is -3.38. The van der Waals surface area contributed by atoms with Crippen molar-refractivity contribution in [2.24, 2.45) is 5.92 Å². The van der Waals surface area contributed by atoms with Crippen LogP contribution in [0.15, 0.2) is 72.8 Å². The van der Waals surface area contributed by atoms with Crippen LogP contribution in [0.2, 0.25) is 0 Å². The Morgan fingerprint density at radius 3 is 2.56 bits per heavy atom. The summed E-state index contributed by atoms with van der Waals surface area (Å²) in [5.41, 5.74) is 4.00. The summed E-state index contributed by atoms with van der Waals surface area (Å²) in [5, 5.41) is 4.20. The van der Waals surface area contributed by atoms with Gasteiger partial charge in [0.25, 0.3) is 0 Å². The summed E-state index contributed by atoms with van der Waals surface area (Å²) in [4.78, 5) is 20.1. The molecule has 0 unspecified atom stereocenters. The summed E-state index contributed by atoms with van der Waals surface area (Å²) in [6.45, 7) is 1.66. The molecule has 0 radical (unpaired) electrons. The molecule has 5 rings (SSSR count). The number of nitrogens with one attached hydrogen (secondary N) is 1. The highest BCUT2D eigenvalue weighted by molar-refractivity contribution is 7.22. The van der Waals surface area contributed by atoms with E-state index in [-0.39, 0.29) is 11.8 Å². The SMILES string of the molecule is COc1ccc2nc(N3CCC(C(=O)Nc4ccccc4-c4ccccc4)CC3)sc2c1. The predicted molar refractivity (Wildman–Crippen MR) is 132 cm³/mol. The van der Waals surface area contributed by atoms with Crippen LogP contribution in [0, 0.1) is 5.92 Å². The molecule has 1 N–H and O–H groups in total. The molecule has 32 heavy (non-hydrogen) atoms. The standard InChI is InChI=1S/C26H25N3O2S/c1-31-20-11-12-23-24(17-20)32-26(28-23)29-15-13-19(14-16-29)25(30)27-22-10-6-5-9-21(22)18-7-3-2-4-8-18/h2-12,17,19H,13-16H2,1H3,(H,27,30). The van der Waals surface area contributed by atoms with Gasteiger partial charge in [0.15, 0.2) is 5.13 Å². The zero-order valence-electron chi connectivity index (χ0n) is 18.0. The van der Waals surface area contributed by atoms with Crippen molar-refractivity contribution in [1.29, 1.82) is 0 Å². The Bertz CT molecular complexity index is 1230. The number of methoxy groups -OCH3 is 1. The molecule has 1 saturated heterocycles. The van der Waals surface area contributed by atoms with E-state index in [1.165, 1.54) is 0 Å². The van der Waals surface area contributed by atoms with Crippen LogP contribution in [-0.4, -0.2) is 31.1 Å². The first-order valence-electron chi connectivity index (χ1n) is 10.9. The zero-order chi connectivity index (χ0) is 21.9. The van der Waals surface area contributed by atoms with Crippen LogP contribution in [0.5, 0.6) is 5.75 Å². The highest BCUT2D eigenvalue weighted by atomic mass is 32.1. The van der Waals surface area contributed by atoms with Crippen LogP contribution in [0.3, 0.4) is 0 Å². The maximum absolute atomic E-state index is 13.0. The van der Waals surface area contributed by atoms with Crippen molar-refractivity contribution in [2.75, 3.05) is 30.4 Å². The molecule has 0 bridgehead atoms. The average Bonchev–Trinajstić information content (AvgIpc) is 3.28. The molecular weight excluding hydrogens is 418 g/mol. The van der Waals surface area contributed by atoms with E-state index in [2.05, 4.69) is 28.4 Å². The van der Waals surface area contributed by atoms with E-state index >= 15 is 0 Å². The van der Waals surface area contributed by atoms with E-state index in [0.717, 1.165) is 63.8 Å². The lowest BCUT2D eigenvalue weighted by atomic mass is 9.95. The minimum Gasteiger partial charge on any atom is -0.497 e. The molecule has 1 aliphatic rings. The van der Waals surface area contributed by atoms with Crippen LogP contribution in [0.4, 0.5) is 10.8 Å². The number of aromatic nitrogens is 1. The lowest BCUT2D eigenvalue weighted by molar-refractivity contribution is -0.120. The minimum atomic E-state index is 0.00421. The van der Waals surface area contributed by atoms with Gasteiger partial charge in [0.1, 0.15) is 5.75 Å². The first-order valence-corrected chi connectivity index (χ1v) is 11.7. The number of nitrogens with zero attached hydrogens (tertiary/aromatic N) is 2. The van der Waals surface area contributed by atoms with Crippen LogP contribution in [-0.2, 0) is 4.79 Å². The van der Waals surface area contributed by atoms with Gasteiger partial charge in [0.2, 0.25) is 5.91 Å². The molecule has 0 spiro atoms. The Kier molecular flexibility index (Phi) is 5.77. The monoisotopic (exact) mass is 443 g/mol. The van der Waals surface area contributed by atoms with E-state index < -0.39 is 0 Å². The summed E-state index contributed by atoms with van der Waals surface area (Å²) in [6, 6.07) is 24.1. The van der Waals surface area contributed by atoms with E-state index in [4.69, 9.17) is 9.72 Å². The number of piperidine rings is 1. The lowest BCUT2D eigenvalue weighted by Gasteiger charge is -2.31. The Labute approximate surface area is 191 Å². The van der Waals surface area contributed by atoms with Gasteiger partial charge >= 0.3 is 0 Å². The fraction of sp³-hybridized carbons (Fsp3) is 0.231. The highest BCUT2D eigenvalue weighted by Crippen LogP contribution is 2.34. The lowest BCUT2D eigenvalue weighted by Crippen LogP contribution is -2.38. The smallest absolute Gasteiger partial charge is 0.227 e. The number of hydrogen-bond acceptors (Lipinski definition) is 5. The largest absolute Gasteiger partial charge is 0.497 e. The number of carbonyl (C=O) groups excluding carboxylic acids is 1. The minimum absolute atomic E-state index is 0.00421. The molecule has 6 heteroatoms. The van der Waals surface area contributed by atoms with Gasteiger partial charge in [-0.05, 0) is 42.7 Å². The second kappa shape index (κ2) is 9.01. The summed E-state index contributed by atoms with van der Waals surface area (Å²) >= 11 is 1.68. The van der Waals surface area contributed by atoms with Crippen LogP contribution >= 0.6 is 11.3 Å². The molecule has 2 heterocycles. The third-order valence-corrected chi connectivity index (χ3v) is 7.07. The van der Waals surface area contributed by atoms with Gasteiger partial charge in [-0.25, -0.2) is 4.98 Å². The molecule has 1 aliphatic heterocycles. The van der Waals surface area contributed by atoms with Crippen LogP contribution in [0.25, 0.3) is 21.3 Å². The molecule has 1 fully saturated rings. The van der Waals surface area contributed by atoms with Gasteiger partial charge in [-0.3, -0.25) is 4.79 Å². The average molecular weight is 444 g/mol. The molecule has 0 saturated carbocycles. The van der Waals surface area contributed by atoms with Gasteiger partial charge in [0.05, 0.1) is 17.3 Å². The molecule has 1 amide bonds. The molecule has 4 aromatic rings. The molecule has 162 valence electrons. The quantitative estimate of drug-likeness (QED) is 0.422. The van der Waals surface area contributed by atoms with E-state index in [1.807, 2.05) is 54.6 Å². The number of hydrogen-bond donors (Lipinski definition) is 1. The second-order valence-corrected chi connectivity index (χ2v) is 9.00. The number of fused-ring (bicyclic) bond motifs is 1. The third kappa shape index (κ3) is 4.18. The van der Waals surface area contributed by atoms with Crippen molar-refractivity contribution in [3.63, 3.8) is 0 Å². The van der Waals surface area contributed by atoms with E-state index in [1.54, 1.807) is 18.4 Å². The number of thiazole rings is 1. The normalized spacial score (nSPS) is 14.5. The van der Waals surface area contributed by atoms with Crippen molar-refractivity contribution in [3.05, 3.63) is 72.8 Å². The number of carbonyl (C=O) groups is 1. The van der Waals surface area contributed by atoms with Crippen LogP contribution in [0.1, 0.15) is 12.8 Å². The molecule has 3 aromatic carbocycles. The number of anilines is 2. The maximum Gasteiger partial charge on any atom is 0.227 e. The second-order valence-electron chi connectivity index (χ2n) is 7.99. The van der Waals surface area contributed by atoms with Gasteiger partial charge in [-0.1, -0.05) is 59.9 Å². The summed E-state index contributed by atoms with van der Waals surface area (Å²) in [6.07, 6.45) is 1.64. The number of rotatable bonds is 5. The van der Waals surface area contributed by atoms with Crippen molar-refractivity contribution in [3.8, 4) is 16.9 Å². The first-order chi connectivity index (χ1) is 15.7. The van der Waals surface area contributed by atoms with Crippen LogP contribution < -0.4 is 15.0 Å². The molecule has 0 aliphatic carbocycles. The Morgan fingerprint density at radius 1 is 1.03 bits per heavy atom. The highest BCUT2D eigenvalue weighted by Gasteiger charge is 2.27. The first kappa shape index (κ1) is 20.5. The van der Waals surface area contributed by atoms with Crippen molar-refractivity contribution in [2.45, 2.75) is 12.8 Å². The Morgan fingerprint density at radius 2 is 1.78 bits per heavy atom. The topological polar surface area (TPSA) is 54.5 Å². The van der Waals surface area contributed by atoms with Crippen molar-refractivity contribution >= 4 is 38.3 Å². The molecule has 1 aromatic heterocycles. The maximum atomic E-state index is 13.0. The number of ether oxygens (including phenoxy) is 1. The van der Waals surface area contributed by atoms with Crippen molar-refractivity contribution in [1.82, 2.24) is 4.98 Å². The van der Waals surface area contributed by atoms with Gasteiger partial charge < -0.3 is 15.0 Å². The summed E-state index contributed by atoms with van der Waals surface area (Å²) in [7, 11) is 1.68. The van der Waals surface area contributed by atoms with Gasteiger partial charge in [-0.15, -0.1) is 0 Å². The summed E-state index contributed by atoms with van der Waals surface area (Å²) < 4.78 is 6.45. The van der Waals surface area contributed by atoms with E-state index in [0.29, 0.717) is 0 Å². The zero-order valence-corrected chi connectivity index (χ0v) is 18.8. The van der Waals surface area contributed by atoms with Gasteiger partial charge in [-0.2, -0.15) is 0 Å². The molecular formula is C26H25N3O2S. The molecule has 0 atom stereocenters. The number of benzene rings is 3. The fourth-order valence-corrected chi connectivity index (χ4v) is 5.23. The van der Waals surface area contributed by atoms with E-state index in [9.17, 15) is 4.79 Å².